The Morgan fingerprint density at radius 3 is 1.12 bits per heavy atom. The Bertz CT molecular complexity index is 11300. The molecular formula is C138H84N6O3. The Morgan fingerprint density at radius 1 is 0.122 bits per heavy atom. The number of furan rings is 3. The van der Waals surface area contributed by atoms with E-state index < -0.39 is 0 Å². The summed E-state index contributed by atoms with van der Waals surface area (Å²) in [5, 5.41) is 29.5. The van der Waals surface area contributed by atoms with Gasteiger partial charge in [-0.15, -0.1) is 0 Å². The molecule has 0 amide bonds. The molecular weight excluding hydrogens is 1790 g/mol. The van der Waals surface area contributed by atoms with Crippen LogP contribution in [0.2, 0.25) is 0 Å². The summed E-state index contributed by atoms with van der Waals surface area (Å²) in [6, 6.07) is 184. The van der Waals surface area contributed by atoms with Gasteiger partial charge in [0.2, 0.25) is 0 Å². The fraction of sp³-hybridized carbons (Fsp3) is 0. The highest BCUT2D eigenvalue weighted by Gasteiger charge is 2.29. The van der Waals surface area contributed by atoms with Crippen molar-refractivity contribution >= 4 is 229 Å². The van der Waals surface area contributed by atoms with Gasteiger partial charge in [0.25, 0.3) is 0 Å². The maximum absolute atomic E-state index is 6.23. The van der Waals surface area contributed by atoms with Gasteiger partial charge in [-0.05, 0) is 236 Å². The standard InChI is InChI=1S/3C46H28N2O/c1-2-12-31(13-3-1)48-39-19-9-6-17-37(39)43-35-15-4-5-16-36(35)45-44(46(43)48)38-18-7-10-20-40(38)47(45)32-25-22-29(23-26-32)30-24-27-34-33-14-8-11-21-41(33)49-42(34)28-30;1-2-13-32(14-3-1)47-40-18-8-6-15-35(40)38-27-43-39(28-42(38)47)37-25-30-11-4-5-12-31(30)26-41(37)48(43)33-23-21-29(22-24-33)34-17-10-20-45-46(34)36-16-7-9-19-44(36)49-45;1-2-11-32(12-3-1)47-40-16-8-6-14-35(40)37-24-25-38-44-34-13-5-4-10-30(34)20-26-41(44)48(46(38)45(37)47)33-22-18-29(19-23-33)31-21-27-43-39(28-31)36-15-7-9-17-42(36)49-43/h3*1-28H. The lowest BCUT2D eigenvalue weighted by molar-refractivity contribution is 0.668. The quantitative estimate of drug-likeness (QED) is 0.145. The molecule has 0 radical (unpaired) electrons. The number of rotatable bonds is 9. The van der Waals surface area contributed by atoms with E-state index in [1.165, 1.54) is 191 Å². The van der Waals surface area contributed by atoms with Crippen LogP contribution in [0.25, 0.3) is 296 Å². The van der Waals surface area contributed by atoms with Gasteiger partial charge in [-0.25, -0.2) is 0 Å². The van der Waals surface area contributed by atoms with Crippen LogP contribution >= 0.6 is 0 Å². The summed E-state index contributed by atoms with van der Waals surface area (Å²) in [5.41, 5.74) is 33.9. The monoisotopic (exact) mass is 1870 g/mol. The molecule has 0 atom stereocenters. The first-order chi connectivity index (χ1) is 72.9. The first-order valence-corrected chi connectivity index (χ1v) is 50.3. The lowest BCUT2D eigenvalue weighted by Gasteiger charge is -2.13. The van der Waals surface area contributed by atoms with Crippen LogP contribution in [-0.2, 0) is 0 Å². The minimum absolute atomic E-state index is 0.912. The molecule has 0 aliphatic carbocycles. The molecule has 9 heterocycles. The maximum atomic E-state index is 6.23. The van der Waals surface area contributed by atoms with Crippen LogP contribution in [0.5, 0.6) is 0 Å². The highest BCUT2D eigenvalue weighted by atomic mass is 16.3. The second kappa shape index (κ2) is 32.4. The highest BCUT2D eigenvalue weighted by Crippen LogP contribution is 2.51. The fourth-order valence-corrected chi connectivity index (χ4v) is 24.5. The van der Waals surface area contributed by atoms with Crippen molar-refractivity contribution in [1.82, 2.24) is 27.4 Å². The van der Waals surface area contributed by atoms with Crippen LogP contribution in [0.4, 0.5) is 0 Å². The number of aromatic nitrogens is 6. The van der Waals surface area contributed by atoms with Crippen LogP contribution in [0.15, 0.2) is 523 Å². The molecule has 0 unspecified atom stereocenters. The maximum Gasteiger partial charge on any atom is 0.136 e. The molecule has 684 valence electrons. The summed E-state index contributed by atoms with van der Waals surface area (Å²) >= 11 is 0. The summed E-state index contributed by atoms with van der Waals surface area (Å²) < 4.78 is 33.3. The van der Waals surface area contributed by atoms with Gasteiger partial charge in [0.05, 0.1) is 66.2 Å². The molecule has 0 fully saturated rings. The molecule has 0 saturated heterocycles. The van der Waals surface area contributed by atoms with Crippen LogP contribution in [0, 0.1) is 0 Å². The van der Waals surface area contributed by atoms with Gasteiger partial charge in [0.15, 0.2) is 0 Å². The third kappa shape index (κ3) is 12.5. The number of nitrogens with zero attached hydrogens (tertiary/aromatic N) is 6. The molecule has 0 aliphatic rings. The van der Waals surface area contributed by atoms with Crippen molar-refractivity contribution in [2.24, 2.45) is 0 Å². The SMILES string of the molecule is c1ccc(-n2c3ccccc3c3c4ccccc4c4c(c5ccccc5n4-c4ccc(-c5ccc6c(c5)oc5ccccc56)cc4)c32)cc1.c1ccc(-n2c3ccccc3c3cc4c(cc32)c2cc3ccccc3cc2n4-c2ccc(-c3cccc4oc5ccccc5c34)cc2)cc1.c1ccc(-n2c3ccccc3c3ccc4c5c6ccccc6ccc5n(-c5ccc(-c6ccc7oc8ccccc8c7c6)cc5)c4c32)cc1. The molecule has 24 aromatic carbocycles. The summed E-state index contributed by atoms with van der Waals surface area (Å²) in [7, 11) is 0. The molecule has 147 heavy (non-hydrogen) atoms. The minimum atomic E-state index is 0.912. The van der Waals surface area contributed by atoms with Crippen molar-refractivity contribution in [3.05, 3.63) is 510 Å². The van der Waals surface area contributed by atoms with Gasteiger partial charge in [-0.2, -0.15) is 0 Å². The Labute approximate surface area is 840 Å². The first-order valence-electron chi connectivity index (χ1n) is 50.3. The van der Waals surface area contributed by atoms with E-state index in [9.17, 15) is 0 Å². The van der Waals surface area contributed by atoms with E-state index >= 15 is 0 Å². The van der Waals surface area contributed by atoms with Crippen molar-refractivity contribution < 1.29 is 13.3 Å². The zero-order valence-electron chi connectivity index (χ0n) is 79.4. The van der Waals surface area contributed by atoms with Crippen LogP contribution < -0.4 is 0 Å². The number of hydrogen-bond acceptors (Lipinski definition) is 3. The van der Waals surface area contributed by atoms with E-state index in [2.05, 4.69) is 501 Å². The first kappa shape index (κ1) is 82.0. The third-order valence-electron chi connectivity index (χ3n) is 30.9. The van der Waals surface area contributed by atoms with Crippen molar-refractivity contribution in [3.8, 4) is 67.5 Å². The van der Waals surface area contributed by atoms with Gasteiger partial charge in [-0.3, -0.25) is 0 Å². The molecule has 33 rings (SSSR count). The van der Waals surface area contributed by atoms with Gasteiger partial charge < -0.3 is 40.7 Å². The van der Waals surface area contributed by atoms with Crippen molar-refractivity contribution in [3.63, 3.8) is 0 Å². The molecule has 33 aromatic rings. The number of fused-ring (bicyclic) bond motifs is 35. The largest absolute Gasteiger partial charge is 0.456 e. The van der Waals surface area contributed by atoms with E-state index in [-0.39, 0.29) is 0 Å². The highest BCUT2D eigenvalue weighted by molar-refractivity contribution is 6.37. The summed E-state index contributed by atoms with van der Waals surface area (Å²) in [6.45, 7) is 0. The Balaban J connectivity index is 0.0000000999. The molecule has 0 bridgehead atoms. The second-order valence-corrected chi connectivity index (χ2v) is 38.8. The van der Waals surface area contributed by atoms with Crippen molar-refractivity contribution in [2.45, 2.75) is 0 Å². The minimum Gasteiger partial charge on any atom is -0.456 e. The van der Waals surface area contributed by atoms with Gasteiger partial charge in [0, 0.05) is 136 Å². The summed E-state index contributed by atoms with van der Waals surface area (Å²) in [6.07, 6.45) is 0. The molecule has 9 nitrogen and oxygen atoms in total. The topological polar surface area (TPSA) is 69.0 Å². The lowest BCUT2D eigenvalue weighted by Crippen LogP contribution is -1.98. The number of benzene rings is 24. The van der Waals surface area contributed by atoms with E-state index in [0.29, 0.717) is 0 Å². The van der Waals surface area contributed by atoms with Crippen LogP contribution in [-0.4, -0.2) is 27.4 Å². The van der Waals surface area contributed by atoms with E-state index in [0.717, 1.165) is 105 Å². The average Bonchev–Trinajstić information content (AvgIpc) is 1.53. The van der Waals surface area contributed by atoms with E-state index in [4.69, 9.17) is 13.3 Å². The normalized spacial score (nSPS) is 12.1. The van der Waals surface area contributed by atoms with E-state index in [1.807, 2.05) is 36.4 Å². The smallest absolute Gasteiger partial charge is 0.136 e. The third-order valence-corrected chi connectivity index (χ3v) is 30.9. The molecule has 0 N–H and O–H groups in total. The van der Waals surface area contributed by atoms with Crippen LogP contribution in [0.3, 0.4) is 0 Å². The summed E-state index contributed by atoms with van der Waals surface area (Å²) in [4.78, 5) is 0. The Morgan fingerprint density at radius 2 is 0.483 bits per heavy atom. The molecule has 0 aliphatic heterocycles. The number of hydrogen-bond donors (Lipinski definition) is 0. The lowest BCUT2D eigenvalue weighted by atomic mass is 9.99. The van der Waals surface area contributed by atoms with E-state index in [1.54, 1.807) is 0 Å². The zero-order chi connectivity index (χ0) is 96.2. The van der Waals surface area contributed by atoms with Gasteiger partial charge >= 0.3 is 0 Å². The summed E-state index contributed by atoms with van der Waals surface area (Å²) in [5.74, 6) is 0. The average molecular weight is 1870 g/mol. The Hall–Kier alpha value is -19.7. The van der Waals surface area contributed by atoms with Crippen LogP contribution in [0.1, 0.15) is 0 Å². The molecule has 9 heteroatoms. The van der Waals surface area contributed by atoms with Gasteiger partial charge in [-0.1, -0.05) is 334 Å². The zero-order valence-corrected chi connectivity index (χ0v) is 79.4. The molecule has 0 saturated carbocycles. The molecule has 9 aromatic heterocycles. The Kier molecular flexibility index (Phi) is 18.1. The number of para-hydroxylation sites is 10. The predicted molar refractivity (Wildman–Crippen MR) is 616 cm³/mol. The predicted octanol–water partition coefficient (Wildman–Crippen LogP) is 37.8. The molecule has 0 spiro atoms. The van der Waals surface area contributed by atoms with Gasteiger partial charge in [0.1, 0.15) is 33.5 Å². The second-order valence-electron chi connectivity index (χ2n) is 38.8. The van der Waals surface area contributed by atoms with Crippen molar-refractivity contribution in [2.75, 3.05) is 0 Å². The fourth-order valence-electron chi connectivity index (χ4n) is 24.5. The van der Waals surface area contributed by atoms with Crippen molar-refractivity contribution in [1.29, 1.82) is 0 Å².